The molecule has 2 aliphatic rings. The Labute approximate surface area is 392 Å². The molecule has 29 heteroatoms. The zero-order valence-electron chi connectivity index (χ0n) is 37.8. The van der Waals surface area contributed by atoms with Gasteiger partial charge in [0.25, 0.3) is 0 Å². The molecule has 2 aliphatic heterocycles. The van der Waals surface area contributed by atoms with Gasteiger partial charge in [0, 0.05) is 30.7 Å². The number of hydrogen-bond acceptors (Lipinski definition) is 19. The van der Waals surface area contributed by atoms with Crippen molar-refractivity contribution < 1.29 is 85.2 Å². The van der Waals surface area contributed by atoms with Crippen molar-refractivity contribution in [1.29, 1.82) is 0 Å². The Kier molecular flexibility index (Phi) is 22.7. The van der Waals surface area contributed by atoms with E-state index in [1.165, 1.54) is 78.1 Å². The summed E-state index contributed by atoms with van der Waals surface area (Å²) in [6.07, 6.45) is 8.59. The van der Waals surface area contributed by atoms with E-state index in [9.17, 15) is 57.9 Å². The van der Waals surface area contributed by atoms with Crippen molar-refractivity contribution in [2.24, 2.45) is 5.41 Å². The molecule has 2 aromatic rings. The average Bonchev–Trinajstić information content (AvgIpc) is 3.80. The molecule has 2 fully saturated rings. The number of phosphoric acid groups is 3. The molecule has 10 N–H and O–H groups in total. The van der Waals surface area contributed by atoms with Crippen LogP contribution in [0, 0.1) is 5.41 Å². The molecule has 0 radical (unpaired) electrons. The van der Waals surface area contributed by atoms with Crippen molar-refractivity contribution in [3.05, 3.63) is 12.7 Å². The van der Waals surface area contributed by atoms with Gasteiger partial charge in [-0.25, -0.2) is 28.6 Å². The summed E-state index contributed by atoms with van der Waals surface area (Å²) >= 11 is 1.08. The lowest BCUT2D eigenvalue weighted by atomic mass is 9.87. The summed E-state index contributed by atoms with van der Waals surface area (Å²) in [6.45, 7) is 2.73. The number of amides is 2. The zero-order valence-corrected chi connectivity index (χ0v) is 41.3. The number of carbonyl (C=O) groups is 3. The lowest BCUT2D eigenvalue weighted by Crippen LogP contribution is -2.46. The SMILES string of the molecule is CCCCCCCCCCCCCCC1OC1C(=O)SCCNC(=O)CCNC(=O)C(O)C(C)(C)COP(=O)(O)OP(=O)(O)OCC1OC(n2cnc3c(N)ncnc32)C(O)C1OP(=O)(O)O. The van der Waals surface area contributed by atoms with Gasteiger partial charge in [-0.2, -0.15) is 4.31 Å². The second-order valence-corrected chi connectivity index (χ2v) is 22.3. The predicted molar refractivity (Wildman–Crippen MR) is 241 cm³/mol. The van der Waals surface area contributed by atoms with Gasteiger partial charge in [-0.15, -0.1) is 0 Å². The Morgan fingerprint density at radius 2 is 1.51 bits per heavy atom. The fourth-order valence-corrected chi connectivity index (χ4v) is 10.7. The van der Waals surface area contributed by atoms with Gasteiger partial charge in [0.1, 0.15) is 36.3 Å². The average molecular weight is 1030 g/mol. The standard InChI is InChI=1S/C38H66N7O18P3S/c1-4-5-6-7-8-9-10-11-12-13-14-15-16-25-31(60-25)37(50)67-20-19-40-27(46)17-18-41-35(49)32(48)38(2,3)22-59-66(56,57)63-65(54,55)58-21-26-30(62-64(51,52)53)29(47)36(61-26)45-24-44-28-33(39)42-23-43-34(28)45/h23-26,29-32,36,47-48H,4-22H2,1-3H3,(H,40,46)(H,41,49)(H,54,55)(H,56,57)(H2,39,42,43)(H2,51,52,53). The molecule has 0 aliphatic carbocycles. The summed E-state index contributed by atoms with van der Waals surface area (Å²) in [4.78, 5) is 88.7. The van der Waals surface area contributed by atoms with E-state index in [0.717, 1.165) is 48.2 Å². The van der Waals surface area contributed by atoms with Gasteiger partial charge in [-0.3, -0.25) is 32.5 Å². The number of rotatable bonds is 33. The van der Waals surface area contributed by atoms with E-state index in [0.29, 0.717) is 5.75 Å². The minimum atomic E-state index is -5.58. The number of nitrogen functional groups attached to an aromatic ring is 1. The molecule has 2 saturated heterocycles. The van der Waals surface area contributed by atoms with Crippen LogP contribution in [0.2, 0.25) is 0 Å². The number of aliphatic hydroxyl groups is 2. The number of epoxide rings is 1. The molecule has 2 aromatic heterocycles. The fourth-order valence-electron chi connectivity index (χ4n) is 7.12. The molecule has 0 bridgehead atoms. The molecule has 67 heavy (non-hydrogen) atoms. The molecular weight excluding hydrogens is 967 g/mol. The minimum Gasteiger partial charge on any atom is -0.386 e. The van der Waals surface area contributed by atoms with Gasteiger partial charge in [0.15, 0.2) is 23.8 Å². The highest BCUT2D eigenvalue weighted by molar-refractivity contribution is 8.13. The first kappa shape index (κ1) is 57.1. The maximum absolute atomic E-state index is 12.7. The van der Waals surface area contributed by atoms with Crippen molar-refractivity contribution in [1.82, 2.24) is 30.2 Å². The first-order valence-corrected chi connectivity index (χ1v) is 27.8. The second kappa shape index (κ2) is 26.7. The monoisotopic (exact) mass is 1030 g/mol. The van der Waals surface area contributed by atoms with Gasteiger partial charge >= 0.3 is 23.5 Å². The van der Waals surface area contributed by atoms with E-state index in [1.54, 1.807) is 0 Å². The van der Waals surface area contributed by atoms with Crippen molar-refractivity contribution >= 4 is 69.1 Å². The first-order valence-electron chi connectivity index (χ1n) is 22.2. The van der Waals surface area contributed by atoms with Gasteiger partial charge in [0.2, 0.25) is 16.9 Å². The Hall–Kier alpha value is -2.48. The predicted octanol–water partition coefficient (Wildman–Crippen LogP) is 3.52. The van der Waals surface area contributed by atoms with Crippen molar-refractivity contribution in [2.45, 2.75) is 154 Å². The Morgan fingerprint density at radius 1 is 0.881 bits per heavy atom. The number of hydrogen-bond donors (Lipinski definition) is 9. The molecular formula is C38H66N7O18P3S. The highest BCUT2D eigenvalue weighted by Crippen LogP contribution is 2.61. The van der Waals surface area contributed by atoms with E-state index in [1.807, 2.05) is 0 Å². The van der Waals surface area contributed by atoms with Crippen molar-refractivity contribution in [2.75, 3.05) is 37.8 Å². The van der Waals surface area contributed by atoms with Crippen molar-refractivity contribution in [3.63, 3.8) is 0 Å². The Bertz CT molecular complexity index is 2070. The summed E-state index contributed by atoms with van der Waals surface area (Å²) in [7, 11) is -16.4. The van der Waals surface area contributed by atoms with Crippen LogP contribution in [0.5, 0.6) is 0 Å². The summed E-state index contributed by atoms with van der Waals surface area (Å²) in [5, 5.41) is 26.5. The van der Waals surface area contributed by atoms with E-state index >= 15 is 0 Å². The topological polar surface area (TPSA) is 376 Å². The van der Waals surface area contributed by atoms with E-state index in [-0.39, 0.29) is 47.7 Å². The van der Waals surface area contributed by atoms with Crippen LogP contribution in [0.1, 0.15) is 117 Å². The van der Waals surface area contributed by atoms with Crippen LogP contribution in [-0.4, -0.2) is 135 Å². The van der Waals surface area contributed by atoms with Gasteiger partial charge in [-0.05, 0) is 6.42 Å². The molecule has 9 unspecified atom stereocenters. The van der Waals surface area contributed by atoms with Gasteiger partial charge in [-0.1, -0.05) is 110 Å². The number of ether oxygens (including phenoxy) is 2. The molecule has 4 rings (SSSR count). The van der Waals surface area contributed by atoms with Gasteiger partial charge in [0.05, 0.1) is 25.6 Å². The van der Waals surface area contributed by atoms with E-state index in [2.05, 4.69) is 41.3 Å². The normalized spacial score (nSPS) is 23.1. The quantitative estimate of drug-likeness (QED) is 0.0280. The Morgan fingerprint density at radius 3 is 2.15 bits per heavy atom. The number of unbranched alkanes of at least 4 members (excludes halogenated alkanes) is 11. The maximum Gasteiger partial charge on any atom is 0.481 e. The van der Waals surface area contributed by atoms with Crippen LogP contribution in [0.3, 0.4) is 0 Å². The number of phosphoric ester groups is 3. The van der Waals surface area contributed by atoms with Crippen LogP contribution in [0.15, 0.2) is 12.7 Å². The zero-order chi connectivity index (χ0) is 49.4. The third-order valence-corrected chi connectivity index (χ3v) is 14.9. The molecule has 25 nitrogen and oxygen atoms in total. The molecule has 0 spiro atoms. The molecule has 0 saturated carbocycles. The number of carbonyl (C=O) groups excluding carboxylic acids is 3. The number of nitrogens with zero attached hydrogens (tertiary/aromatic N) is 4. The summed E-state index contributed by atoms with van der Waals surface area (Å²) in [5.41, 5.74) is 4.28. The number of thioether (sulfide) groups is 1. The fraction of sp³-hybridized carbons (Fsp3) is 0.789. The highest BCUT2D eigenvalue weighted by atomic mass is 32.2. The lowest BCUT2D eigenvalue weighted by molar-refractivity contribution is -0.137. The van der Waals surface area contributed by atoms with Crippen LogP contribution < -0.4 is 16.4 Å². The Balaban J connectivity index is 1.09. The van der Waals surface area contributed by atoms with Gasteiger partial charge < -0.3 is 55.6 Å². The molecule has 0 aromatic carbocycles. The molecule has 382 valence electrons. The van der Waals surface area contributed by atoms with Crippen molar-refractivity contribution in [3.8, 4) is 0 Å². The third kappa shape index (κ3) is 19.3. The summed E-state index contributed by atoms with van der Waals surface area (Å²) in [5.74, 6) is -1.11. The second-order valence-electron chi connectivity index (χ2n) is 17.0. The highest BCUT2D eigenvalue weighted by Gasteiger charge is 2.50. The van der Waals surface area contributed by atoms with Crippen LogP contribution >= 0.6 is 35.2 Å². The third-order valence-electron chi connectivity index (χ3n) is 10.9. The number of aliphatic hydroxyl groups excluding tert-OH is 2. The number of nitrogens with two attached hydrogens (primary N) is 1. The first-order chi connectivity index (χ1) is 31.5. The lowest BCUT2D eigenvalue weighted by Gasteiger charge is -2.30. The smallest absolute Gasteiger partial charge is 0.386 e. The molecule has 2 amide bonds. The molecule has 9 atom stereocenters. The minimum absolute atomic E-state index is 0.0317. The summed E-state index contributed by atoms with van der Waals surface area (Å²) < 4.78 is 68.0. The van der Waals surface area contributed by atoms with E-state index in [4.69, 9.17) is 24.3 Å². The van der Waals surface area contributed by atoms with Crippen LogP contribution in [0.25, 0.3) is 11.2 Å². The largest absolute Gasteiger partial charge is 0.481 e. The van der Waals surface area contributed by atoms with E-state index < -0.39 is 90.7 Å². The maximum atomic E-state index is 12.7. The number of imidazole rings is 1. The number of nitrogens with one attached hydrogen (secondary N) is 2. The van der Waals surface area contributed by atoms with Crippen LogP contribution in [0.4, 0.5) is 5.82 Å². The molecule has 4 heterocycles. The number of aromatic nitrogens is 4. The number of fused-ring (bicyclic) bond motifs is 1. The van der Waals surface area contributed by atoms with Crippen LogP contribution in [-0.2, 0) is 55.4 Å². The summed E-state index contributed by atoms with van der Waals surface area (Å²) in [6, 6.07) is 0. The number of anilines is 1.